The molecule has 1 saturated carbocycles. The van der Waals surface area contributed by atoms with E-state index in [2.05, 4.69) is 25.7 Å². The van der Waals surface area contributed by atoms with Gasteiger partial charge in [-0.1, -0.05) is 19.8 Å². The van der Waals surface area contributed by atoms with Crippen molar-refractivity contribution in [1.82, 2.24) is 4.90 Å². The molecule has 19 heavy (non-hydrogen) atoms. The Labute approximate surface area is 116 Å². The maximum absolute atomic E-state index is 11.8. The minimum absolute atomic E-state index is 0.204. The second kappa shape index (κ2) is 5.80. The van der Waals surface area contributed by atoms with Crippen LogP contribution in [0.1, 0.15) is 46.5 Å². The summed E-state index contributed by atoms with van der Waals surface area (Å²) in [5, 5.41) is 9.71. The Kier molecular flexibility index (Phi) is 4.51. The topological polar surface area (TPSA) is 49.8 Å². The van der Waals surface area contributed by atoms with Crippen molar-refractivity contribution in [1.29, 1.82) is 0 Å². The number of hydrogen-bond donors (Lipinski definition) is 1. The van der Waals surface area contributed by atoms with Crippen molar-refractivity contribution in [3.63, 3.8) is 0 Å². The van der Waals surface area contributed by atoms with Gasteiger partial charge < -0.3 is 9.84 Å². The van der Waals surface area contributed by atoms with Crippen molar-refractivity contribution >= 4 is 5.97 Å². The number of rotatable bonds is 3. The van der Waals surface area contributed by atoms with Crippen molar-refractivity contribution in [2.45, 2.75) is 58.7 Å². The number of nitrogens with zero attached hydrogens (tertiary/aromatic N) is 1. The smallest absolute Gasteiger partial charge is 0.310 e. The summed E-state index contributed by atoms with van der Waals surface area (Å²) in [4.78, 5) is 14.1. The maximum Gasteiger partial charge on any atom is 0.310 e. The molecule has 0 aromatic heterocycles. The summed E-state index contributed by atoms with van der Waals surface area (Å²) in [6.07, 6.45) is 4.27. The lowest BCUT2D eigenvalue weighted by molar-refractivity contribution is -0.156. The first-order chi connectivity index (χ1) is 8.91. The summed E-state index contributed by atoms with van der Waals surface area (Å²) in [5.41, 5.74) is -0.533. The van der Waals surface area contributed by atoms with Crippen LogP contribution in [-0.2, 0) is 9.53 Å². The zero-order valence-electron chi connectivity index (χ0n) is 12.4. The van der Waals surface area contributed by atoms with Crippen molar-refractivity contribution in [2.75, 3.05) is 19.6 Å². The van der Waals surface area contributed by atoms with Gasteiger partial charge >= 0.3 is 5.97 Å². The summed E-state index contributed by atoms with van der Waals surface area (Å²) in [5.74, 6) is -0.0772. The highest BCUT2D eigenvalue weighted by Gasteiger charge is 2.43. The minimum atomic E-state index is -0.606. The van der Waals surface area contributed by atoms with E-state index in [1.807, 2.05) is 0 Å². The van der Waals surface area contributed by atoms with Crippen LogP contribution in [0.4, 0.5) is 0 Å². The molecule has 2 unspecified atom stereocenters. The Morgan fingerprint density at radius 2 is 1.95 bits per heavy atom. The average molecular weight is 269 g/mol. The number of carbonyl (C=O) groups is 1. The maximum atomic E-state index is 11.8. The molecule has 1 saturated heterocycles. The van der Waals surface area contributed by atoms with Gasteiger partial charge in [-0.3, -0.25) is 9.69 Å². The lowest BCUT2D eigenvalue weighted by Gasteiger charge is -2.43. The van der Waals surface area contributed by atoms with Gasteiger partial charge in [-0.2, -0.15) is 0 Å². The van der Waals surface area contributed by atoms with Gasteiger partial charge in [-0.25, -0.2) is 0 Å². The van der Waals surface area contributed by atoms with E-state index in [0.29, 0.717) is 12.5 Å². The lowest BCUT2D eigenvalue weighted by atomic mass is 9.69. The van der Waals surface area contributed by atoms with E-state index in [-0.39, 0.29) is 12.2 Å². The Balaban J connectivity index is 2.06. The van der Waals surface area contributed by atoms with Crippen LogP contribution in [0.2, 0.25) is 0 Å². The van der Waals surface area contributed by atoms with Crippen LogP contribution in [0.25, 0.3) is 0 Å². The third-order valence-electron chi connectivity index (χ3n) is 4.57. The van der Waals surface area contributed by atoms with E-state index in [0.717, 1.165) is 32.4 Å². The monoisotopic (exact) mass is 269 g/mol. The fourth-order valence-electron chi connectivity index (χ4n) is 3.91. The van der Waals surface area contributed by atoms with E-state index in [1.165, 1.54) is 6.42 Å². The van der Waals surface area contributed by atoms with E-state index in [4.69, 9.17) is 4.74 Å². The highest BCUT2D eigenvalue weighted by Crippen LogP contribution is 2.40. The first kappa shape index (κ1) is 14.8. The largest absolute Gasteiger partial charge is 0.481 e. The molecule has 0 aromatic carbocycles. The van der Waals surface area contributed by atoms with Crippen molar-refractivity contribution < 1.29 is 14.6 Å². The second-order valence-corrected chi connectivity index (χ2v) is 6.74. The number of hydrogen-bond acceptors (Lipinski definition) is 3. The standard InChI is InChI=1S/C15H27NO3/c1-11-5-4-6-15(7-11,14(17)18)10-16-8-12(2)19-13(3)9-16/h11-13H,4-10H2,1-3H3,(H,17,18)/t11?,12-,13+,15?. The molecule has 0 spiro atoms. The molecular weight excluding hydrogens is 242 g/mol. The van der Waals surface area contributed by atoms with Crippen molar-refractivity contribution in [2.24, 2.45) is 11.3 Å². The molecule has 4 nitrogen and oxygen atoms in total. The normalized spacial score (nSPS) is 41.1. The third kappa shape index (κ3) is 3.48. The van der Waals surface area contributed by atoms with Crippen molar-refractivity contribution in [3.05, 3.63) is 0 Å². The van der Waals surface area contributed by atoms with Gasteiger partial charge in [0.2, 0.25) is 0 Å². The Morgan fingerprint density at radius 3 is 2.47 bits per heavy atom. The van der Waals surface area contributed by atoms with Crippen molar-refractivity contribution in [3.8, 4) is 0 Å². The number of carboxylic acid groups (broad SMARTS) is 1. The summed E-state index contributed by atoms with van der Waals surface area (Å²) in [7, 11) is 0. The zero-order chi connectivity index (χ0) is 14.0. The van der Waals surface area contributed by atoms with Gasteiger partial charge in [0, 0.05) is 19.6 Å². The highest BCUT2D eigenvalue weighted by atomic mass is 16.5. The van der Waals surface area contributed by atoms with Gasteiger partial charge in [0.15, 0.2) is 0 Å². The van der Waals surface area contributed by atoms with Crippen LogP contribution in [0.15, 0.2) is 0 Å². The fraction of sp³-hybridized carbons (Fsp3) is 0.933. The van der Waals surface area contributed by atoms with Crippen LogP contribution >= 0.6 is 0 Å². The molecular formula is C15H27NO3. The van der Waals surface area contributed by atoms with E-state index in [9.17, 15) is 9.90 Å². The van der Waals surface area contributed by atoms with E-state index < -0.39 is 11.4 Å². The predicted molar refractivity (Wildman–Crippen MR) is 74.1 cm³/mol. The van der Waals surface area contributed by atoms with Crippen LogP contribution in [-0.4, -0.2) is 47.8 Å². The van der Waals surface area contributed by atoms with Gasteiger partial charge in [-0.05, 0) is 32.6 Å². The minimum Gasteiger partial charge on any atom is -0.481 e. The highest BCUT2D eigenvalue weighted by molar-refractivity contribution is 5.75. The molecule has 110 valence electrons. The van der Waals surface area contributed by atoms with Gasteiger partial charge in [0.1, 0.15) is 0 Å². The quantitative estimate of drug-likeness (QED) is 0.854. The SMILES string of the molecule is CC1CCCC(CN2C[C@@H](C)O[C@@H](C)C2)(C(=O)O)C1. The number of aliphatic carboxylic acids is 1. The van der Waals surface area contributed by atoms with Gasteiger partial charge in [0.25, 0.3) is 0 Å². The molecule has 1 N–H and O–H groups in total. The Bertz CT molecular complexity index is 323. The van der Waals surface area contributed by atoms with Crippen LogP contribution in [0.5, 0.6) is 0 Å². The zero-order valence-corrected chi connectivity index (χ0v) is 12.4. The first-order valence-corrected chi connectivity index (χ1v) is 7.52. The molecule has 0 aromatic rings. The van der Waals surface area contributed by atoms with E-state index >= 15 is 0 Å². The van der Waals surface area contributed by atoms with Crippen LogP contribution < -0.4 is 0 Å². The molecule has 0 bridgehead atoms. The Morgan fingerprint density at radius 1 is 1.32 bits per heavy atom. The van der Waals surface area contributed by atoms with E-state index in [1.54, 1.807) is 0 Å². The predicted octanol–water partition coefficient (Wildman–Crippen LogP) is 2.38. The Hall–Kier alpha value is -0.610. The number of morpholine rings is 1. The molecule has 2 rings (SSSR count). The molecule has 2 fully saturated rings. The van der Waals surface area contributed by atoms with Crippen LogP contribution in [0.3, 0.4) is 0 Å². The first-order valence-electron chi connectivity index (χ1n) is 7.52. The lowest BCUT2D eigenvalue weighted by Crippen LogP contribution is -2.52. The van der Waals surface area contributed by atoms with Gasteiger partial charge in [-0.15, -0.1) is 0 Å². The summed E-state index contributed by atoms with van der Waals surface area (Å²) < 4.78 is 5.73. The summed E-state index contributed by atoms with van der Waals surface area (Å²) >= 11 is 0. The van der Waals surface area contributed by atoms with Crippen LogP contribution in [0, 0.1) is 11.3 Å². The molecule has 4 atom stereocenters. The molecule has 0 radical (unpaired) electrons. The number of carboxylic acids is 1. The molecule has 2 aliphatic rings. The molecule has 4 heteroatoms. The molecule has 1 aliphatic heterocycles. The molecule has 1 heterocycles. The third-order valence-corrected chi connectivity index (χ3v) is 4.57. The van der Waals surface area contributed by atoms with Gasteiger partial charge in [0.05, 0.1) is 17.6 Å². The second-order valence-electron chi connectivity index (χ2n) is 6.74. The summed E-state index contributed by atoms with van der Waals surface area (Å²) in [6, 6.07) is 0. The summed E-state index contributed by atoms with van der Waals surface area (Å²) in [6.45, 7) is 8.72. The molecule has 1 aliphatic carbocycles. The molecule has 0 amide bonds. The average Bonchev–Trinajstić information content (AvgIpc) is 2.26. The fourth-order valence-corrected chi connectivity index (χ4v) is 3.91. The number of ether oxygens (including phenoxy) is 1.